The van der Waals surface area contributed by atoms with Crippen LogP contribution in [0.3, 0.4) is 0 Å². The fourth-order valence-electron chi connectivity index (χ4n) is 5.81. The summed E-state index contributed by atoms with van der Waals surface area (Å²) in [6.07, 6.45) is 6.53. The molecule has 1 fully saturated rings. The van der Waals surface area contributed by atoms with Gasteiger partial charge in [0.1, 0.15) is 5.60 Å². The van der Waals surface area contributed by atoms with Crippen molar-refractivity contribution in [2.24, 2.45) is 5.92 Å². The number of rotatable bonds is 11. The first-order valence-corrected chi connectivity index (χ1v) is 16.7. The van der Waals surface area contributed by atoms with Gasteiger partial charge in [-0.05, 0) is 82.3 Å². The lowest BCUT2D eigenvalue weighted by Gasteiger charge is -2.32. The van der Waals surface area contributed by atoms with E-state index in [4.69, 9.17) is 9.47 Å². The average Bonchev–Trinajstić information content (AvgIpc) is 3.53. The molecule has 266 valence electrons. The number of fused-ring (bicyclic) bond motifs is 1. The van der Waals surface area contributed by atoms with Gasteiger partial charge in [-0.3, -0.25) is 14.0 Å². The van der Waals surface area contributed by atoms with Crippen LogP contribution < -0.4 is 20.7 Å². The number of halogens is 2. The number of imidazole rings is 1. The number of hydrogen-bond acceptors (Lipinski definition) is 8. The minimum absolute atomic E-state index is 0.0244. The highest BCUT2D eigenvalue weighted by Crippen LogP contribution is 2.32. The highest BCUT2D eigenvalue weighted by Gasteiger charge is 2.30. The Hall–Kier alpha value is -5.27. The van der Waals surface area contributed by atoms with Gasteiger partial charge in [-0.25, -0.2) is 19.2 Å². The first-order valence-electron chi connectivity index (χ1n) is 16.7. The molecule has 0 saturated carbocycles. The van der Waals surface area contributed by atoms with Gasteiger partial charge in [0.25, 0.3) is 5.91 Å². The van der Waals surface area contributed by atoms with Crippen LogP contribution >= 0.6 is 0 Å². The molecule has 50 heavy (non-hydrogen) atoms. The van der Waals surface area contributed by atoms with E-state index < -0.39 is 17.2 Å². The SMILES string of the molecule is CCc1cc(Nc2nccn3c(-c4ccc(OC)c(F)c4F)cnc23)ccc1C(=O)NCCCNC(=O)C1CCN(C(=O)OC(C)(C)C)CC1. The third-order valence-electron chi connectivity index (χ3n) is 8.42. The maximum absolute atomic E-state index is 14.9. The van der Waals surface area contributed by atoms with Crippen molar-refractivity contribution in [3.63, 3.8) is 0 Å². The number of ether oxygens (including phenoxy) is 2. The van der Waals surface area contributed by atoms with Gasteiger partial charge in [-0.1, -0.05) is 6.92 Å². The zero-order chi connectivity index (χ0) is 36.0. The monoisotopic (exact) mass is 691 g/mol. The van der Waals surface area contributed by atoms with Crippen molar-refractivity contribution in [1.82, 2.24) is 29.9 Å². The van der Waals surface area contributed by atoms with E-state index in [-0.39, 0.29) is 35.1 Å². The molecule has 0 spiro atoms. The van der Waals surface area contributed by atoms with Crippen LogP contribution in [0.15, 0.2) is 48.9 Å². The quantitative estimate of drug-likeness (QED) is 0.166. The van der Waals surface area contributed by atoms with Gasteiger partial charge in [-0.2, -0.15) is 4.39 Å². The van der Waals surface area contributed by atoms with E-state index in [0.29, 0.717) is 80.3 Å². The van der Waals surface area contributed by atoms with Crippen LogP contribution in [-0.4, -0.2) is 76.1 Å². The number of piperidine rings is 1. The summed E-state index contributed by atoms with van der Waals surface area (Å²) < 4.78 is 41.2. The lowest BCUT2D eigenvalue weighted by Crippen LogP contribution is -2.45. The number of aryl methyl sites for hydroxylation is 1. The van der Waals surface area contributed by atoms with E-state index in [1.54, 1.807) is 27.6 Å². The smallest absolute Gasteiger partial charge is 0.410 e. The summed E-state index contributed by atoms with van der Waals surface area (Å²) in [5, 5.41) is 9.11. The maximum atomic E-state index is 14.9. The number of hydrogen-bond donors (Lipinski definition) is 3. The van der Waals surface area contributed by atoms with Crippen molar-refractivity contribution >= 4 is 35.1 Å². The molecule has 12 nitrogen and oxygen atoms in total. The van der Waals surface area contributed by atoms with Crippen molar-refractivity contribution in [2.75, 3.05) is 38.6 Å². The molecule has 5 rings (SSSR count). The summed E-state index contributed by atoms with van der Waals surface area (Å²) in [5.41, 5.74) is 2.22. The van der Waals surface area contributed by atoms with Crippen LogP contribution in [0.25, 0.3) is 16.9 Å². The predicted molar refractivity (Wildman–Crippen MR) is 184 cm³/mol. The number of benzene rings is 2. The van der Waals surface area contributed by atoms with Crippen molar-refractivity contribution in [3.8, 4) is 17.0 Å². The van der Waals surface area contributed by atoms with Crippen molar-refractivity contribution < 1.29 is 32.6 Å². The third kappa shape index (κ3) is 8.29. The maximum Gasteiger partial charge on any atom is 0.410 e. The number of carbonyl (C=O) groups excluding carboxylic acids is 3. The molecule has 0 unspecified atom stereocenters. The molecule has 3 N–H and O–H groups in total. The van der Waals surface area contributed by atoms with E-state index in [0.717, 1.165) is 5.56 Å². The predicted octanol–water partition coefficient (Wildman–Crippen LogP) is 5.87. The Balaban J connectivity index is 1.13. The fourth-order valence-corrected chi connectivity index (χ4v) is 5.81. The molecule has 14 heteroatoms. The molecule has 1 aliphatic heterocycles. The zero-order valence-electron chi connectivity index (χ0n) is 28.9. The van der Waals surface area contributed by atoms with Crippen LogP contribution in [0.5, 0.6) is 5.75 Å². The number of anilines is 2. The van der Waals surface area contributed by atoms with Crippen LogP contribution in [0.2, 0.25) is 0 Å². The molecule has 3 heterocycles. The summed E-state index contributed by atoms with van der Waals surface area (Å²) >= 11 is 0. The third-order valence-corrected chi connectivity index (χ3v) is 8.42. The van der Waals surface area contributed by atoms with Gasteiger partial charge in [0, 0.05) is 61.3 Å². The largest absolute Gasteiger partial charge is 0.494 e. The van der Waals surface area contributed by atoms with E-state index >= 15 is 0 Å². The second kappa shape index (κ2) is 15.5. The highest BCUT2D eigenvalue weighted by atomic mass is 19.2. The van der Waals surface area contributed by atoms with Gasteiger partial charge in [0.05, 0.1) is 19.0 Å². The number of amides is 3. The number of nitrogens with zero attached hydrogens (tertiary/aromatic N) is 4. The summed E-state index contributed by atoms with van der Waals surface area (Å²) in [7, 11) is 1.27. The first-order chi connectivity index (χ1) is 23.9. The topological polar surface area (TPSA) is 139 Å². The Morgan fingerprint density at radius 2 is 1.74 bits per heavy atom. The van der Waals surface area contributed by atoms with Crippen LogP contribution in [0.1, 0.15) is 62.9 Å². The van der Waals surface area contributed by atoms with Gasteiger partial charge in [-0.15, -0.1) is 0 Å². The molecule has 1 saturated heterocycles. The normalized spacial score (nSPS) is 13.6. The van der Waals surface area contributed by atoms with E-state index in [9.17, 15) is 23.2 Å². The number of methoxy groups -OCH3 is 1. The Morgan fingerprint density at radius 1 is 1.00 bits per heavy atom. The molecule has 0 aliphatic carbocycles. The highest BCUT2D eigenvalue weighted by molar-refractivity contribution is 5.96. The average molecular weight is 692 g/mol. The van der Waals surface area contributed by atoms with Crippen molar-refractivity contribution in [2.45, 2.75) is 59.0 Å². The van der Waals surface area contributed by atoms with Gasteiger partial charge in [0.15, 0.2) is 23.0 Å². The fraction of sp³-hybridized carbons (Fsp3) is 0.417. The molecule has 1 aliphatic rings. The molecular formula is C36H43F2N7O5. The Labute approximate surface area is 289 Å². The van der Waals surface area contributed by atoms with E-state index in [2.05, 4.69) is 25.9 Å². The van der Waals surface area contributed by atoms with Crippen LogP contribution in [-0.2, 0) is 16.0 Å². The molecule has 0 radical (unpaired) electrons. The second-order valence-electron chi connectivity index (χ2n) is 13.0. The lowest BCUT2D eigenvalue weighted by atomic mass is 9.96. The van der Waals surface area contributed by atoms with Gasteiger partial charge >= 0.3 is 6.09 Å². The summed E-state index contributed by atoms with van der Waals surface area (Å²) in [4.78, 5) is 48.5. The van der Waals surface area contributed by atoms with Crippen LogP contribution in [0.4, 0.5) is 25.1 Å². The molecule has 2 aromatic heterocycles. The van der Waals surface area contributed by atoms with E-state index in [1.165, 1.54) is 31.6 Å². The number of aromatic nitrogens is 3. The van der Waals surface area contributed by atoms with E-state index in [1.807, 2.05) is 33.8 Å². The molecule has 3 amide bonds. The first kappa shape index (κ1) is 36.0. The standard InChI is InChI=1S/C36H43F2N7O5/c1-6-22-20-24(43-31-32-42-21-27(45(32)19-16-39-31)26-10-11-28(49-5)30(38)29(26)37)8-9-25(22)34(47)41-15-7-14-40-33(46)23-12-17-44(18-13-23)35(48)50-36(2,3)4/h8-11,16,19-21,23H,6-7,12-15,17-18H2,1-5H3,(H,39,43)(H,40,46)(H,41,47). The molecular weight excluding hydrogens is 648 g/mol. The Morgan fingerprint density at radius 3 is 2.44 bits per heavy atom. The minimum atomic E-state index is -1.08. The second-order valence-corrected chi connectivity index (χ2v) is 13.0. The van der Waals surface area contributed by atoms with Crippen molar-refractivity contribution in [3.05, 3.63) is 71.7 Å². The lowest BCUT2D eigenvalue weighted by molar-refractivity contribution is -0.126. The number of likely N-dealkylation sites (tertiary alicyclic amines) is 1. The van der Waals surface area contributed by atoms with Gasteiger partial charge in [0.2, 0.25) is 11.7 Å². The zero-order valence-corrected chi connectivity index (χ0v) is 28.9. The Kier molecular flexibility index (Phi) is 11.2. The van der Waals surface area contributed by atoms with Crippen molar-refractivity contribution in [1.29, 1.82) is 0 Å². The number of nitrogens with one attached hydrogen (secondary N) is 3. The summed E-state index contributed by atoms with van der Waals surface area (Å²) in [6.45, 7) is 9.17. The molecule has 0 bridgehead atoms. The summed E-state index contributed by atoms with van der Waals surface area (Å²) in [5.74, 6) is -2.36. The van der Waals surface area contributed by atoms with Crippen LogP contribution in [0, 0.1) is 17.6 Å². The molecule has 4 aromatic rings. The Bertz CT molecular complexity index is 1870. The molecule has 2 aromatic carbocycles. The molecule has 0 atom stereocenters. The number of carbonyl (C=O) groups is 3. The minimum Gasteiger partial charge on any atom is -0.494 e. The summed E-state index contributed by atoms with van der Waals surface area (Å²) in [6, 6.07) is 8.14. The van der Waals surface area contributed by atoms with Gasteiger partial charge < -0.3 is 30.3 Å².